The third kappa shape index (κ3) is 11.2. The summed E-state index contributed by atoms with van der Waals surface area (Å²) in [4.78, 5) is 10.7. The molecule has 0 fully saturated rings. The Morgan fingerprint density at radius 3 is 1.78 bits per heavy atom. The van der Waals surface area contributed by atoms with Crippen LogP contribution in [0.3, 0.4) is 0 Å². The third-order valence-electron chi connectivity index (χ3n) is 7.51. The average molecular weight is 537 g/mol. The summed E-state index contributed by atoms with van der Waals surface area (Å²) < 4.78 is 16.0. The standard InChI is InChI=1S/C14H26N2O2Si.C13H26N2OSi/c1-14(2,3)19(4,5)18-11-7-6-10-16-13(12-17)8-9-15-16;1-13(2,3)17(4,5)16-12-7-6-10-15-11-8-9-14-15/h8-9,12H,6-7,10-11H2,1-5H3;8-9,11H,6-7,10,12H2,1-5H3. The van der Waals surface area contributed by atoms with Crippen LogP contribution in [0.4, 0.5) is 0 Å². The SMILES string of the molecule is CC(C)(C)[Si](C)(C)OCCCCn1cccn1.CC(C)(C)[Si](C)(C)OCCCCn1nccc1C=O. The number of unbranched alkanes of at least 4 members (excludes halogenated alkanes) is 2. The van der Waals surface area contributed by atoms with Crippen molar-refractivity contribution < 1.29 is 13.6 Å². The molecule has 0 amide bonds. The molecule has 0 atom stereocenters. The molecule has 2 aromatic rings. The van der Waals surface area contributed by atoms with Crippen LogP contribution in [-0.2, 0) is 21.9 Å². The summed E-state index contributed by atoms with van der Waals surface area (Å²) >= 11 is 0. The van der Waals surface area contributed by atoms with E-state index in [9.17, 15) is 4.79 Å². The van der Waals surface area contributed by atoms with Crippen molar-refractivity contribution in [3.8, 4) is 0 Å². The van der Waals surface area contributed by atoms with Crippen molar-refractivity contribution >= 4 is 22.9 Å². The van der Waals surface area contributed by atoms with Gasteiger partial charge < -0.3 is 8.85 Å². The highest BCUT2D eigenvalue weighted by molar-refractivity contribution is 6.74. The van der Waals surface area contributed by atoms with Gasteiger partial charge in [-0.3, -0.25) is 14.2 Å². The second-order valence-electron chi connectivity index (χ2n) is 12.5. The molecule has 2 heterocycles. The molecule has 0 saturated carbocycles. The van der Waals surface area contributed by atoms with Crippen LogP contribution in [0, 0.1) is 0 Å². The Kier molecular flexibility index (Phi) is 13.0. The lowest BCUT2D eigenvalue weighted by atomic mass is 10.2. The predicted molar refractivity (Wildman–Crippen MR) is 155 cm³/mol. The monoisotopic (exact) mass is 536 g/mol. The summed E-state index contributed by atoms with van der Waals surface area (Å²) in [7, 11) is -3.16. The first kappa shape index (κ1) is 32.5. The van der Waals surface area contributed by atoms with E-state index in [1.54, 1.807) is 16.9 Å². The van der Waals surface area contributed by atoms with E-state index in [-0.39, 0.29) is 5.04 Å². The number of hydrogen-bond acceptors (Lipinski definition) is 5. The Morgan fingerprint density at radius 1 is 0.806 bits per heavy atom. The quantitative estimate of drug-likeness (QED) is 0.154. The van der Waals surface area contributed by atoms with Crippen molar-refractivity contribution in [1.82, 2.24) is 19.6 Å². The number of rotatable bonds is 13. The summed E-state index contributed by atoms with van der Waals surface area (Å²) in [5.74, 6) is 0. The molecule has 9 heteroatoms. The van der Waals surface area contributed by atoms with Gasteiger partial charge in [0.05, 0.1) is 0 Å². The highest BCUT2D eigenvalue weighted by Gasteiger charge is 2.37. The van der Waals surface area contributed by atoms with Crippen molar-refractivity contribution in [3.63, 3.8) is 0 Å². The molecule has 0 aliphatic rings. The highest BCUT2D eigenvalue weighted by Crippen LogP contribution is 2.37. The zero-order valence-electron chi connectivity index (χ0n) is 24.6. The first-order valence-corrected chi connectivity index (χ1v) is 19.1. The van der Waals surface area contributed by atoms with Gasteiger partial charge in [0.2, 0.25) is 0 Å². The molecule has 206 valence electrons. The maximum atomic E-state index is 10.7. The number of aromatic nitrogens is 4. The zero-order valence-corrected chi connectivity index (χ0v) is 26.6. The van der Waals surface area contributed by atoms with E-state index in [4.69, 9.17) is 8.85 Å². The summed E-state index contributed by atoms with van der Waals surface area (Å²) in [6.07, 6.45) is 10.6. The molecule has 0 N–H and O–H groups in total. The first-order valence-electron chi connectivity index (χ1n) is 13.3. The maximum Gasteiger partial charge on any atom is 0.191 e. The Labute approximate surface area is 222 Å². The van der Waals surface area contributed by atoms with Crippen LogP contribution in [0.25, 0.3) is 0 Å². The fourth-order valence-electron chi connectivity index (χ4n) is 2.89. The Morgan fingerprint density at radius 2 is 1.33 bits per heavy atom. The number of hydrogen-bond donors (Lipinski definition) is 0. The number of carbonyl (C=O) groups is 1. The summed E-state index contributed by atoms with van der Waals surface area (Å²) in [5, 5.41) is 8.89. The topological polar surface area (TPSA) is 71.2 Å². The van der Waals surface area contributed by atoms with E-state index in [1.807, 2.05) is 23.1 Å². The molecular weight excluding hydrogens is 484 g/mol. The minimum absolute atomic E-state index is 0.264. The number of nitrogens with zero attached hydrogens (tertiary/aromatic N) is 4. The lowest BCUT2D eigenvalue weighted by molar-refractivity contribution is 0.111. The molecule has 2 rings (SSSR count). The molecule has 2 aromatic heterocycles. The van der Waals surface area contributed by atoms with Gasteiger partial charge in [-0.05, 0) is 74.1 Å². The minimum Gasteiger partial charge on any atom is -0.417 e. The van der Waals surface area contributed by atoms with Crippen LogP contribution >= 0.6 is 0 Å². The molecule has 0 radical (unpaired) electrons. The molecular formula is C27H52N4O3Si2. The van der Waals surface area contributed by atoms with Crippen molar-refractivity contribution in [1.29, 1.82) is 0 Å². The van der Waals surface area contributed by atoms with Gasteiger partial charge in [-0.25, -0.2) is 0 Å². The predicted octanol–water partition coefficient (Wildman–Crippen LogP) is 7.18. The first-order chi connectivity index (χ1) is 16.6. The van der Waals surface area contributed by atoms with Crippen LogP contribution in [0.2, 0.25) is 36.3 Å². The van der Waals surface area contributed by atoms with Gasteiger partial charge in [0.15, 0.2) is 22.9 Å². The largest absolute Gasteiger partial charge is 0.417 e. The van der Waals surface area contributed by atoms with Crippen molar-refractivity contribution in [3.05, 3.63) is 36.4 Å². The van der Waals surface area contributed by atoms with Gasteiger partial charge in [0.1, 0.15) is 5.69 Å². The fraction of sp³-hybridized carbons (Fsp3) is 0.741. The lowest BCUT2D eigenvalue weighted by Gasteiger charge is -2.36. The number of aldehydes is 1. The van der Waals surface area contributed by atoms with E-state index < -0.39 is 16.6 Å². The highest BCUT2D eigenvalue weighted by atomic mass is 28.4. The maximum absolute atomic E-state index is 10.7. The molecule has 0 aliphatic heterocycles. The Bertz CT molecular complexity index is 866. The fourth-order valence-corrected chi connectivity index (χ4v) is 5.07. The van der Waals surface area contributed by atoms with Gasteiger partial charge >= 0.3 is 0 Å². The Balaban J connectivity index is 0.000000362. The van der Waals surface area contributed by atoms with Gasteiger partial charge in [0, 0.05) is 44.9 Å². The number of carbonyl (C=O) groups excluding carboxylic acids is 1. The smallest absolute Gasteiger partial charge is 0.191 e. The van der Waals surface area contributed by atoms with Crippen molar-refractivity contribution in [2.75, 3.05) is 13.2 Å². The minimum atomic E-state index is -1.62. The second kappa shape index (κ2) is 14.4. The van der Waals surface area contributed by atoms with E-state index in [0.717, 1.165) is 58.3 Å². The molecule has 0 unspecified atom stereocenters. The van der Waals surface area contributed by atoms with E-state index in [1.165, 1.54) is 0 Å². The molecule has 0 aliphatic carbocycles. The van der Waals surface area contributed by atoms with Crippen LogP contribution in [-0.4, -0.2) is 55.7 Å². The summed E-state index contributed by atoms with van der Waals surface area (Å²) in [5.41, 5.74) is 0.644. The Hall–Kier alpha value is -1.56. The lowest BCUT2D eigenvalue weighted by Crippen LogP contribution is -2.40. The normalized spacial score (nSPS) is 12.8. The molecule has 36 heavy (non-hydrogen) atoms. The average Bonchev–Trinajstić information content (AvgIpc) is 3.43. The van der Waals surface area contributed by atoms with Crippen molar-refractivity contribution in [2.45, 2.75) is 117 Å². The summed E-state index contributed by atoms with van der Waals surface area (Å²) in [6.45, 7) is 26.2. The van der Waals surface area contributed by atoms with E-state index in [2.05, 4.69) is 77.9 Å². The molecule has 7 nitrogen and oxygen atoms in total. The number of aryl methyl sites for hydroxylation is 2. The molecule has 0 bridgehead atoms. The molecule has 0 saturated heterocycles. The van der Waals surface area contributed by atoms with E-state index in [0.29, 0.717) is 10.7 Å². The third-order valence-corrected chi connectivity index (χ3v) is 16.6. The van der Waals surface area contributed by atoms with E-state index >= 15 is 0 Å². The van der Waals surface area contributed by atoms with Crippen LogP contribution in [0.1, 0.15) is 77.7 Å². The second-order valence-corrected chi connectivity index (χ2v) is 22.1. The van der Waals surface area contributed by atoms with Crippen LogP contribution < -0.4 is 0 Å². The van der Waals surface area contributed by atoms with Crippen molar-refractivity contribution in [2.24, 2.45) is 0 Å². The molecule has 0 aromatic carbocycles. The summed E-state index contributed by atoms with van der Waals surface area (Å²) in [6, 6.07) is 3.70. The zero-order chi connectivity index (χ0) is 27.5. The van der Waals surface area contributed by atoms with Crippen LogP contribution in [0.15, 0.2) is 30.7 Å². The van der Waals surface area contributed by atoms with Gasteiger partial charge in [-0.1, -0.05) is 41.5 Å². The van der Waals surface area contributed by atoms with Crippen LogP contribution in [0.5, 0.6) is 0 Å². The van der Waals surface area contributed by atoms with Gasteiger partial charge in [-0.15, -0.1) is 0 Å². The van der Waals surface area contributed by atoms with Gasteiger partial charge in [0.25, 0.3) is 0 Å². The molecule has 0 spiro atoms. The van der Waals surface area contributed by atoms with Gasteiger partial charge in [-0.2, -0.15) is 10.2 Å².